The van der Waals surface area contributed by atoms with E-state index in [2.05, 4.69) is 0 Å². The lowest BCUT2D eigenvalue weighted by molar-refractivity contribution is -0.128. The quantitative estimate of drug-likeness (QED) is 0.173. The summed E-state index contributed by atoms with van der Waals surface area (Å²) in [7, 11) is 6.16. The van der Waals surface area contributed by atoms with Crippen molar-refractivity contribution in [2.75, 3.05) is 35.0 Å². The molecule has 3 rings (SSSR count). The lowest BCUT2D eigenvalue weighted by Crippen LogP contribution is -2.06. The monoisotopic (exact) mass is 496 g/mol. The van der Waals surface area contributed by atoms with Crippen molar-refractivity contribution in [2.45, 2.75) is 6.42 Å². The minimum absolute atomic E-state index is 0.243. The fraction of sp³-hybridized carbons (Fsp3) is 0.222. The first-order valence-corrected chi connectivity index (χ1v) is 10.9. The average Bonchev–Trinajstić information content (AvgIpc) is 2.89. The molecule has 3 aromatic carbocycles. The normalized spacial score (nSPS) is 10.7. The molecular formula is C27H28O9. The summed E-state index contributed by atoms with van der Waals surface area (Å²) in [5, 5.41) is 18.9. The van der Waals surface area contributed by atoms with Crippen LogP contribution in [-0.2, 0) is 11.2 Å². The van der Waals surface area contributed by atoms with Gasteiger partial charge in [-0.15, -0.1) is 0 Å². The maximum Gasteiger partial charge on any atom is 0.336 e. The van der Waals surface area contributed by atoms with Gasteiger partial charge in [-0.05, 0) is 53.6 Å². The molecule has 0 spiro atoms. The van der Waals surface area contributed by atoms with Crippen LogP contribution in [0.3, 0.4) is 0 Å². The van der Waals surface area contributed by atoms with Crippen molar-refractivity contribution < 1.29 is 43.4 Å². The molecule has 0 bridgehead atoms. The first-order chi connectivity index (χ1) is 17.4. The third kappa shape index (κ3) is 6.53. The highest BCUT2D eigenvalue weighted by Crippen LogP contribution is 2.38. The van der Waals surface area contributed by atoms with Gasteiger partial charge in [0.15, 0.2) is 34.5 Å². The molecule has 0 unspecified atom stereocenters. The number of hydrogen-bond acceptors (Lipinski definition) is 9. The number of benzene rings is 3. The highest BCUT2D eigenvalue weighted by Gasteiger charge is 2.14. The zero-order chi connectivity index (χ0) is 26.1. The lowest BCUT2D eigenvalue weighted by atomic mass is 10.1. The minimum Gasteiger partial charge on any atom is -0.504 e. The topological polar surface area (TPSA) is 113 Å². The fourth-order valence-electron chi connectivity index (χ4n) is 3.35. The van der Waals surface area contributed by atoms with Crippen LogP contribution in [0.15, 0.2) is 54.6 Å². The SMILES string of the molecule is COc1cc(OC(=O)/C=C/c2ccc(O)c(O)c2)ccc1OCCc1cc(OC)c(OC)c(OC)c1. The van der Waals surface area contributed by atoms with E-state index in [0.29, 0.717) is 47.3 Å². The Hall–Kier alpha value is -4.53. The highest BCUT2D eigenvalue weighted by atomic mass is 16.5. The van der Waals surface area contributed by atoms with Gasteiger partial charge >= 0.3 is 5.97 Å². The van der Waals surface area contributed by atoms with Crippen molar-refractivity contribution >= 4 is 12.0 Å². The molecule has 2 N–H and O–H groups in total. The van der Waals surface area contributed by atoms with E-state index in [1.807, 2.05) is 12.1 Å². The molecule has 190 valence electrons. The second kappa shape index (κ2) is 12.3. The van der Waals surface area contributed by atoms with Crippen LogP contribution in [0.2, 0.25) is 0 Å². The Morgan fingerprint density at radius 2 is 1.47 bits per heavy atom. The maximum absolute atomic E-state index is 12.2. The van der Waals surface area contributed by atoms with Crippen LogP contribution in [-0.4, -0.2) is 51.2 Å². The van der Waals surface area contributed by atoms with Crippen molar-refractivity contribution in [1.82, 2.24) is 0 Å². The summed E-state index contributed by atoms with van der Waals surface area (Å²) < 4.78 is 32.7. The molecule has 0 saturated carbocycles. The Morgan fingerprint density at radius 3 is 2.08 bits per heavy atom. The molecule has 0 heterocycles. The fourth-order valence-corrected chi connectivity index (χ4v) is 3.35. The number of methoxy groups -OCH3 is 4. The van der Waals surface area contributed by atoms with Crippen molar-refractivity contribution in [3.8, 4) is 46.0 Å². The third-order valence-corrected chi connectivity index (χ3v) is 5.14. The van der Waals surface area contributed by atoms with Crippen LogP contribution in [0.25, 0.3) is 6.08 Å². The van der Waals surface area contributed by atoms with Crippen molar-refractivity contribution in [1.29, 1.82) is 0 Å². The molecule has 0 saturated heterocycles. The van der Waals surface area contributed by atoms with Crippen LogP contribution < -0.4 is 28.4 Å². The van der Waals surface area contributed by atoms with E-state index in [-0.39, 0.29) is 17.2 Å². The minimum atomic E-state index is -0.624. The first-order valence-electron chi connectivity index (χ1n) is 10.9. The lowest BCUT2D eigenvalue weighted by Gasteiger charge is -2.15. The molecule has 0 amide bonds. The number of phenolic OH excluding ortho intramolecular Hbond substituents is 2. The van der Waals surface area contributed by atoms with E-state index in [4.69, 9.17) is 28.4 Å². The molecule has 3 aromatic rings. The molecule has 0 fully saturated rings. The van der Waals surface area contributed by atoms with E-state index < -0.39 is 5.97 Å². The molecule has 0 atom stereocenters. The predicted molar refractivity (Wildman–Crippen MR) is 133 cm³/mol. The molecular weight excluding hydrogens is 468 g/mol. The Labute approximate surface area is 209 Å². The number of phenols is 2. The number of hydrogen-bond donors (Lipinski definition) is 2. The summed E-state index contributed by atoms with van der Waals surface area (Å²) in [6.45, 7) is 0.344. The zero-order valence-corrected chi connectivity index (χ0v) is 20.4. The molecule has 36 heavy (non-hydrogen) atoms. The van der Waals surface area contributed by atoms with Gasteiger partial charge in [0.25, 0.3) is 0 Å². The summed E-state index contributed by atoms with van der Waals surface area (Å²) >= 11 is 0. The number of carbonyl (C=O) groups excluding carboxylic acids is 1. The van der Waals surface area contributed by atoms with Gasteiger partial charge in [0, 0.05) is 18.6 Å². The van der Waals surface area contributed by atoms with Gasteiger partial charge in [0.05, 0.1) is 35.0 Å². The largest absolute Gasteiger partial charge is 0.504 e. The van der Waals surface area contributed by atoms with Gasteiger partial charge in [0.1, 0.15) is 5.75 Å². The van der Waals surface area contributed by atoms with Crippen molar-refractivity contribution in [3.05, 3.63) is 65.7 Å². The summed E-state index contributed by atoms with van der Waals surface area (Å²) in [5.74, 6) is 1.65. The molecule has 0 aliphatic carbocycles. The van der Waals surface area contributed by atoms with Crippen molar-refractivity contribution in [2.24, 2.45) is 0 Å². The summed E-state index contributed by atoms with van der Waals surface area (Å²) in [5.41, 5.74) is 1.46. The maximum atomic E-state index is 12.2. The number of aromatic hydroxyl groups is 2. The summed E-state index contributed by atoms with van der Waals surface area (Å²) in [6, 6.07) is 12.7. The van der Waals surface area contributed by atoms with Gasteiger partial charge in [-0.2, -0.15) is 0 Å². The van der Waals surface area contributed by atoms with Gasteiger partial charge in [-0.3, -0.25) is 0 Å². The Kier molecular flexibility index (Phi) is 8.88. The number of ether oxygens (including phenoxy) is 6. The summed E-state index contributed by atoms with van der Waals surface area (Å²) in [6.07, 6.45) is 3.23. The van der Waals surface area contributed by atoms with Crippen LogP contribution in [0.1, 0.15) is 11.1 Å². The van der Waals surface area contributed by atoms with Gasteiger partial charge in [0.2, 0.25) is 5.75 Å². The van der Waals surface area contributed by atoms with Crippen LogP contribution in [0, 0.1) is 0 Å². The average molecular weight is 497 g/mol. The van der Waals surface area contributed by atoms with Crippen LogP contribution in [0.4, 0.5) is 0 Å². The molecule has 0 aromatic heterocycles. The first kappa shape index (κ1) is 26.1. The van der Waals surface area contributed by atoms with Gasteiger partial charge < -0.3 is 38.6 Å². The number of rotatable bonds is 11. The highest BCUT2D eigenvalue weighted by molar-refractivity contribution is 5.88. The second-order valence-electron chi connectivity index (χ2n) is 7.45. The number of esters is 1. The van der Waals surface area contributed by atoms with Crippen LogP contribution in [0.5, 0.6) is 46.0 Å². The van der Waals surface area contributed by atoms with Gasteiger partial charge in [-0.25, -0.2) is 4.79 Å². The predicted octanol–water partition coefficient (Wildman–Crippen LogP) is 4.37. The van der Waals surface area contributed by atoms with Crippen LogP contribution >= 0.6 is 0 Å². The molecule has 9 nitrogen and oxygen atoms in total. The van der Waals surface area contributed by atoms with E-state index in [9.17, 15) is 15.0 Å². The summed E-state index contributed by atoms with van der Waals surface area (Å²) in [4.78, 5) is 12.2. The molecule has 0 radical (unpaired) electrons. The molecule has 0 aliphatic heterocycles. The molecule has 0 aliphatic rings. The van der Waals surface area contributed by atoms with Gasteiger partial charge in [-0.1, -0.05) is 6.07 Å². The Morgan fingerprint density at radius 1 is 0.778 bits per heavy atom. The zero-order valence-electron chi connectivity index (χ0n) is 20.4. The van der Waals surface area contributed by atoms with E-state index in [0.717, 1.165) is 5.56 Å². The van der Waals surface area contributed by atoms with E-state index >= 15 is 0 Å². The number of carbonyl (C=O) groups is 1. The Balaban J connectivity index is 1.62. The van der Waals surface area contributed by atoms with Crippen molar-refractivity contribution in [3.63, 3.8) is 0 Å². The molecule has 9 heteroatoms. The smallest absolute Gasteiger partial charge is 0.336 e. The van der Waals surface area contributed by atoms with E-state index in [1.54, 1.807) is 45.6 Å². The van der Waals surface area contributed by atoms with E-state index in [1.165, 1.54) is 31.4 Å². The second-order valence-corrected chi connectivity index (χ2v) is 7.45. The Bertz CT molecular complexity index is 1210. The standard InChI is InChI=1S/C27H28O9/c1-31-23-16-19(36-26(30)10-6-17-5-8-20(28)21(29)13-17)7-9-22(23)35-12-11-18-14-24(32-2)27(34-4)25(15-18)33-3/h5-10,13-16,28-29H,11-12H2,1-4H3/b10-6+. The third-order valence-electron chi connectivity index (χ3n) is 5.14.